The summed E-state index contributed by atoms with van der Waals surface area (Å²) in [5.41, 5.74) is 10.6. The molecule has 2 heterocycles. The molecule has 15 heteroatoms. The monoisotopic (exact) mass is 561 g/mol. The summed E-state index contributed by atoms with van der Waals surface area (Å²) in [6.45, 7) is 1.04. The summed E-state index contributed by atoms with van der Waals surface area (Å²) in [5, 5.41) is 4.15. The number of aliphatic imine (C=N–C) groups is 1. The number of nitrogens with zero attached hydrogens (tertiary/aromatic N) is 3. The molecule has 0 bridgehead atoms. The number of hydrogen-bond acceptors (Lipinski definition) is 9. The van der Waals surface area contributed by atoms with Gasteiger partial charge in [-0.05, 0) is 24.6 Å². The van der Waals surface area contributed by atoms with Crippen molar-refractivity contribution in [2.45, 2.75) is 25.4 Å². The highest BCUT2D eigenvalue weighted by atomic mass is 32.2. The Balaban J connectivity index is 1.74. The van der Waals surface area contributed by atoms with Crippen molar-refractivity contribution in [1.29, 1.82) is 0 Å². The number of nitrogens with one attached hydrogen (secondary N) is 2. The van der Waals surface area contributed by atoms with E-state index in [1.165, 1.54) is 18.3 Å². The fourth-order valence-corrected chi connectivity index (χ4v) is 5.05. The van der Waals surface area contributed by atoms with Gasteiger partial charge in [-0.15, -0.1) is 11.3 Å². The summed E-state index contributed by atoms with van der Waals surface area (Å²) in [6.07, 6.45) is 0.0233. The maximum atomic E-state index is 13.0. The van der Waals surface area contributed by atoms with Crippen LogP contribution < -0.4 is 27.1 Å². The third-order valence-corrected chi connectivity index (χ3v) is 7.03. The van der Waals surface area contributed by atoms with Crippen LogP contribution >= 0.6 is 11.3 Å². The van der Waals surface area contributed by atoms with E-state index in [0.717, 1.165) is 15.9 Å². The lowest BCUT2D eigenvalue weighted by Gasteiger charge is -2.18. The smallest absolute Gasteiger partial charge is 0.275 e. The van der Waals surface area contributed by atoms with Crippen molar-refractivity contribution in [3.63, 3.8) is 0 Å². The van der Waals surface area contributed by atoms with Crippen LogP contribution in [0.4, 0.5) is 5.69 Å². The number of guanidine groups is 1. The molecule has 0 fully saturated rings. The Morgan fingerprint density at radius 1 is 1.18 bits per heavy atom. The van der Waals surface area contributed by atoms with Crippen LogP contribution in [0.1, 0.15) is 21.1 Å². The van der Waals surface area contributed by atoms with Crippen molar-refractivity contribution in [3.05, 3.63) is 80.7 Å². The van der Waals surface area contributed by atoms with Gasteiger partial charge in [0.05, 0.1) is 18.9 Å². The molecule has 1 atom stereocenters. The molecule has 38 heavy (non-hydrogen) atoms. The fourth-order valence-electron chi connectivity index (χ4n) is 3.26. The second kappa shape index (κ2) is 12.9. The summed E-state index contributed by atoms with van der Waals surface area (Å²) in [7, 11) is -3.91. The number of benzene rings is 1. The van der Waals surface area contributed by atoms with Crippen LogP contribution in [0.5, 0.6) is 0 Å². The van der Waals surface area contributed by atoms with Crippen molar-refractivity contribution in [2.75, 3.05) is 17.9 Å². The summed E-state index contributed by atoms with van der Waals surface area (Å²) in [4.78, 5) is 46.4. The predicted octanol–water partition coefficient (Wildman–Crippen LogP) is 0.170. The predicted molar refractivity (Wildman–Crippen MR) is 143 cm³/mol. The van der Waals surface area contributed by atoms with E-state index in [9.17, 15) is 22.8 Å². The first-order valence-corrected chi connectivity index (χ1v) is 13.7. The number of ether oxygens (including phenoxy) is 1. The highest BCUT2D eigenvalue weighted by molar-refractivity contribution is 7.91. The molecule has 1 amide bonds. The van der Waals surface area contributed by atoms with Crippen molar-refractivity contribution < 1.29 is 22.7 Å². The average molecular weight is 562 g/mol. The third kappa shape index (κ3) is 8.22. The maximum Gasteiger partial charge on any atom is 0.275 e. The number of aryl methyl sites for hydroxylation is 1. The Labute approximate surface area is 222 Å². The van der Waals surface area contributed by atoms with Gasteiger partial charge in [0.25, 0.3) is 5.56 Å². The molecule has 0 aliphatic carbocycles. The molecular weight excluding hydrogens is 534 g/mol. The third-order valence-electron chi connectivity index (χ3n) is 5.00. The molecule has 0 saturated carbocycles. The number of Topliss-reactive ketones (excluding diaryl/α,β-unsaturated/α-hetero) is 1. The highest BCUT2D eigenvalue weighted by Crippen LogP contribution is 2.12. The second-order valence-electron chi connectivity index (χ2n) is 7.95. The van der Waals surface area contributed by atoms with Crippen LogP contribution in [-0.2, 0) is 31.9 Å². The normalized spacial score (nSPS) is 11.9. The lowest BCUT2D eigenvalue weighted by Crippen LogP contribution is -2.45. The molecule has 0 radical (unpaired) electrons. The van der Waals surface area contributed by atoms with Gasteiger partial charge in [-0.2, -0.15) is 0 Å². The molecule has 0 unspecified atom stereocenters. The van der Waals surface area contributed by atoms with Gasteiger partial charge >= 0.3 is 0 Å². The van der Waals surface area contributed by atoms with E-state index in [0.29, 0.717) is 11.3 Å². The zero-order valence-corrected chi connectivity index (χ0v) is 22.0. The summed E-state index contributed by atoms with van der Waals surface area (Å²) < 4.78 is 34.1. The van der Waals surface area contributed by atoms with Crippen LogP contribution in [0.15, 0.2) is 63.8 Å². The molecule has 0 saturated heterocycles. The van der Waals surface area contributed by atoms with Crippen molar-refractivity contribution in [3.8, 4) is 0 Å². The van der Waals surface area contributed by atoms with E-state index < -0.39 is 40.0 Å². The number of sulfonamides is 1. The van der Waals surface area contributed by atoms with Gasteiger partial charge in [0, 0.05) is 17.3 Å². The number of pyridine rings is 1. The topological polar surface area (TPSA) is 201 Å². The lowest BCUT2D eigenvalue weighted by molar-refractivity contribution is -0.125. The van der Waals surface area contributed by atoms with Crippen molar-refractivity contribution >= 4 is 44.7 Å². The van der Waals surface area contributed by atoms with Gasteiger partial charge in [0.1, 0.15) is 12.2 Å². The first kappa shape index (κ1) is 28.5. The summed E-state index contributed by atoms with van der Waals surface area (Å²) >= 11 is 1.07. The van der Waals surface area contributed by atoms with E-state index in [4.69, 9.17) is 16.2 Å². The standard InChI is InChI=1S/C23H27N7O6S2/c1-15-7-8-17(29-38(34,35)14-16-5-3-2-4-6-16)22(33)30(15)13-18(31)28-20(36-11-9-27-23(24)25)19(32)21-26-10-12-37-21/h2-8,10,12,20,29H,9,11,13-14H2,1H3,(H,28,31)(H4,24,25,27)/t20-/m0/s1. The number of nitrogens with two attached hydrogens (primary N) is 2. The number of amides is 1. The minimum absolute atomic E-state index is 0.0452. The van der Waals surface area contributed by atoms with Gasteiger partial charge in [0.15, 0.2) is 17.2 Å². The summed E-state index contributed by atoms with van der Waals surface area (Å²) in [6, 6.07) is 11.3. The van der Waals surface area contributed by atoms with E-state index in [1.54, 1.807) is 42.6 Å². The van der Waals surface area contributed by atoms with Crippen molar-refractivity contribution in [2.24, 2.45) is 16.5 Å². The molecule has 0 spiro atoms. The van der Waals surface area contributed by atoms with Crippen molar-refractivity contribution in [1.82, 2.24) is 14.9 Å². The number of anilines is 1. The van der Waals surface area contributed by atoms with Gasteiger partial charge in [-0.1, -0.05) is 30.3 Å². The molecule has 6 N–H and O–H groups in total. The van der Waals surface area contributed by atoms with Gasteiger partial charge in [-0.25, -0.2) is 13.4 Å². The molecule has 3 rings (SSSR count). The maximum absolute atomic E-state index is 13.0. The van der Waals surface area contributed by atoms with E-state index in [2.05, 4.69) is 20.0 Å². The van der Waals surface area contributed by atoms with Crippen LogP contribution in [0, 0.1) is 6.92 Å². The quantitative estimate of drug-likeness (QED) is 0.0738. The van der Waals surface area contributed by atoms with Gasteiger partial charge in [0.2, 0.25) is 21.7 Å². The molecule has 1 aromatic carbocycles. The van der Waals surface area contributed by atoms with Crippen LogP contribution in [0.25, 0.3) is 0 Å². The molecular formula is C23H27N7O6S2. The van der Waals surface area contributed by atoms with E-state index in [-0.39, 0.29) is 35.6 Å². The fraction of sp³-hybridized carbons (Fsp3) is 0.261. The molecule has 3 aromatic rings. The Morgan fingerprint density at radius 2 is 1.92 bits per heavy atom. The molecule has 2 aromatic heterocycles. The Hall–Kier alpha value is -4.08. The second-order valence-corrected chi connectivity index (χ2v) is 10.6. The number of ketones is 1. The number of aromatic nitrogens is 2. The zero-order valence-electron chi connectivity index (χ0n) is 20.4. The SMILES string of the molecule is Cc1ccc(NS(=O)(=O)Cc2ccccc2)c(=O)n1CC(=O)N[C@@H](OCCN=C(N)N)C(=O)c1nccs1. The molecule has 0 aliphatic heterocycles. The van der Waals surface area contributed by atoms with E-state index in [1.807, 2.05) is 0 Å². The van der Waals surface area contributed by atoms with Gasteiger partial charge < -0.3 is 26.1 Å². The molecule has 0 aliphatic rings. The molecule has 13 nitrogen and oxygen atoms in total. The van der Waals surface area contributed by atoms with Crippen LogP contribution in [0.2, 0.25) is 0 Å². The summed E-state index contributed by atoms with van der Waals surface area (Å²) in [5.74, 6) is -1.81. The van der Waals surface area contributed by atoms with Crippen LogP contribution in [-0.4, -0.2) is 55.0 Å². The molecule has 202 valence electrons. The number of carbonyl (C=O) groups excluding carboxylic acids is 2. The minimum Gasteiger partial charge on any atom is -0.370 e. The minimum atomic E-state index is -3.91. The number of thiazole rings is 1. The van der Waals surface area contributed by atoms with Crippen LogP contribution in [0.3, 0.4) is 0 Å². The first-order valence-electron chi connectivity index (χ1n) is 11.2. The Bertz CT molecular complexity index is 1450. The Morgan fingerprint density at radius 3 is 2.58 bits per heavy atom. The lowest BCUT2D eigenvalue weighted by atomic mass is 10.2. The first-order chi connectivity index (χ1) is 18.1. The number of hydrogen-bond donors (Lipinski definition) is 4. The number of carbonyl (C=O) groups is 2. The Kier molecular flexibility index (Phi) is 9.70. The van der Waals surface area contributed by atoms with E-state index >= 15 is 0 Å². The zero-order chi connectivity index (χ0) is 27.7. The largest absolute Gasteiger partial charge is 0.370 e. The highest BCUT2D eigenvalue weighted by Gasteiger charge is 2.25. The number of rotatable bonds is 13. The average Bonchev–Trinajstić information content (AvgIpc) is 3.40. The van der Waals surface area contributed by atoms with Gasteiger partial charge in [-0.3, -0.25) is 24.1 Å².